The minimum atomic E-state index is -0.823. The van der Waals surface area contributed by atoms with E-state index in [1.165, 1.54) is 4.90 Å². The average Bonchev–Trinajstić information content (AvgIpc) is 2.35. The molecular formula is C13H16ClN3O2. The fourth-order valence-electron chi connectivity index (χ4n) is 2.97. The van der Waals surface area contributed by atoms with Gasteiger partial charge in [0.1, 0.15) is 5.15 Å². The molecule has 1 amide bonds. The van der Waals surface area contributed by atoms with Crippen LogP contribution in [0.3, 0.4) is 0 Å². The van der Waals surface area contributed by atoms with Crippen LogP contribution in [-0.4, -0.2) is 46.8 Å². The highest BCUT2D eigenvalue weighted by molar-refractivity contribution is 6.30. The lowest BCUT2D eigenvalue weighted by Crippen LogP contribution is -2.65. The number of piperidine rings is 1. The minimum Gasteiger partial charge on any atom is -0.465 e. The van der Waals surface area contributed by atoms with Crippen LogP contribution in [-0.2, 0) is 0 Å². The molecule has 0 unspecified atom stereocenters. The first-order chi connectivity index (χ1) is 9.06. The van der Waals surface area contributed by atoms with Crippen molar-refractivity contribution in [2.75, 3.05) is 24.5 Å². The van der Waals surface area contributed by atoms with Crippen molar-refractivity contribution in [1.82, 2.24) is 9.88 Å². The molecule has 2 aliphatic heterocycles. The summed E-state index contributed by atoms with van der Waals surface area (Å²) in [6, 6.07) is 2.30. The van der Waals surface area contributed by atoms with Crippen molar-refractivity contribution < 1.29 is 9.90 Å². The fourth-order valence-corrected chi connectivity index (χ4v) is 3.07. The Bertz CT molecular complexity index is 523. The van der Waals surface area contributed by atoms with Crippen LogP contribution in [0.4, 0.5) is 10.5 Å². The molecule has 6 heteroatoms. The summed E-state index contributed by atoms with van der Waals surface area (Å²) < 4.78 is 0. The van der Waals surface area contributed by atoms with Crippen molar-refractivity contribution in [3.05, 3.63) is 23.0 Å². The molecule has 0 aliphatic carbocycles. The lowest BCUT2D eigenvalue weighted by atomic mass is 9.82. The smallest absolute Gasteiger partial charge is 0.407 e. The second-order valence-corrected chi connectivity index (χ2v) is 5.66. The van der Waals surface area contributed by atoms with Crippen LogP contribution in [0, 0.1) is 12.8 Å². The molecule has 0 saturated carbocycles. The molecule has 1 aromatic rings. The summed E-state index contributed by atoms with van der Waals surface area (Å²) in [4.78, 5) is 19.0. The molecule has 0 bridgehead atoms. The molecule has 1 N–H and O–H groups in total. The molecule has 102 valence electrons. The van der Waals surface area contributed by atoms with Crippen molar-refractivity contribution in [2.45, 2.75) is 19.4 Å². The normalized spacial score (nSPS) is 25.8. The van der Waals surface area contributed by atoms with Gasteiger partial charge in [0, 0.05) is 25.6 Å². The standard InChI is InChI=1S/C13H16ClN3O2/c1-8-4-10(5-15-12(8)14)17-6-9-2-3-16(13(18)19)7-11(9)17/h4-5,9,11H,2-3,6-7H2,1H3,(H,18,19)/t9-,11-/m1/s1. The van der Waals surface area contributed by atoms with E-state index in [0.29, 0.717) is 24.2 Å². The Balaban J connectivity index is 1.77. The zero-order chi connectivity index (χ0) is 13.6. The highest BCUT2D eigenvalue weighted by atomic mass is 35.5. The van der Waals surface area contributed by atoms with Crippen molar-refractivity contribution in [2.24, 2.45) is 5.92 Å². The van der Waals surface area contributed by atoms with Gasteiger partial charge in [-0.05, 0) is 25.0 Å². The molecule has 0 radical (unpaired) electrons. The Morgan fingerprint density at radius 1 is 1.53 bits per heavy atom. The zero-order valence-electron chi connectivity index (χ0n) is 10.7. The van der Waals surface area contributed by atoms with Gasteiger partial charge in [-0.1, -0.05) is 11.6 Å². The maximum absolute atomic E-state index is 11.1. The van der Waals surface area contributed by atoms with Gasteiger partial charge in [0.2, 0.25) is 0 Å². The summed E-state index contributed by atoms with van der Waals surface area (Å²) in [5.41, 5.74) is 1.99. The maximum Gasteiger partial charge on any atom is 0.407 e. The predicted octanol–water partition coefficient (Wildman–Crippen LogP) is 2.23. The van der Waals surface area contributed by atoms with E-state index in [0.717, 1.165) is 24.2 Å². The van der Waals surface area contributed by atoms with E-state index in [2.05, 4.69) is 9.88 Å². The molecule has 3 heterocycles. The number of carbonyl (C=O) groups is 1. The quantitative estimate of drug-likeness (QED) is 0.802. The Morgan fingerprint density at radius 2 is 2.32 bits per heavy atom. The van der Waals surface area contributed by atoms with Crippen LogP contribution < -0.4 is 4.90 Å². The first-order valence-corrected chi connectivity index (χ1v) is 6.80. The van der Waals surface area contributed by atoms with E-state index in [1.807, 2.05) is 13.0 Å². The molecule has 19 heavy (non-hydrogen) atoms. The van der Waals surface area contributed by atoms with Gasteiger partial charge in [0.15, 0.2) is 0 Å². The average molecular weight is 282 g/mol. The van der Waals surface area contributed by atoms with Crippen molar-refractivity contribution in [3.8, 4) is 0 Å². The lowest BCUT2D eigenvalue weighted by molar-refractivity contribution is 0.0945. The van der Waals surface area contributed by atoms with E-state index in [1.54, 1.807) is 6.20 Å². The van der Waals surface area contributed by atoms with E-state index in [4.69, 9.17) is 16.7 Å². The Kier molecular flexibility index (Phi) is 3.01. The van der Waals surface area contributed by atoms with Crippen LogP contribution in [0.5, 0.6) is 0 Å². The minimum absolute atomic E-state index is 0.284. The Hall–Kier alpha value is -1.49. The number of anilines is 1. The van der Waals surface area contributed by atoms with Crippen LogP contribution in [0.25, 0.3) is 0 Å². The Labute approximate surface area is 116 Å². The molecule has 2 aliphatic rings. The van der Waals surface area contributed by atoms with Gasteiger partial charge in [0.25, 0.3) is 0 Å². The van der Waals surface area contributed by atoms with Gasteiger partial charge >= 0.3 is 6.09 Å². The van der Waals surface area contributed by atoms with Gasteiger partial charge in [-0.25, -0.2) is 9.78 Å². The largest absolute Gasteiger partial charge is 0.465 e. The summed E-state index contributed by atoms with van der Waals surface area (Å²) in [6.07, 6.45) is 1.90. The number of hydrogen-bond acceptors (Lipinski definition) is 3. The first-order valence-electron chi connectivity index (χ1n) is 6.43. The molecule has 2 fully saturated rings. The van der Waals surface area contributed by atoms with Crippen LogP contribution in [0.2, 0.25) is 5.15 Å². The zero-order valence-corrected chi connectivity index (χ0v) is 11.5. The molecule has 2 saturated heterocycles. The second-order valence-electron chi connectivity index (χ2n) is 5.30. The van der Waals surface area contributed by atoms with Crippen molar-refractivity contribution in [3.63, 3.8) is 0 Å². The molecule has 0 spiro atoms. The highest BCUT2D eigenvalue weighted by Crippen LogP contribution is 2.36. The SMILES string of the molecule is Cc1cc(N2C[C@H]3CCN(C(=O)O)C[C@H]32)cnc1Cl. The summed E-state index contributed by atoms with van der Waals surface area (Å²) in [5, 5.41) is 9.61. The number of nitrogens with zero attached hydrogens (tertiary/aromatic N) is 3. The number of fused-ring (bicyclic) bond motifs is 1. The predicted molar refractivity (Wildman–Crippen MR) is 72.8 cm³/mol. The summed E-state index contributed by atoms with van der Waals surface area (Å²) >= 11 is 5.93. The molecule has 2 atom stereocenters. The third kappa shape index (κ3) is 2.12. The van der Waals surface area contributed by atoms with Crippen molar-refractivity contribution >= 4 is 23.4 Å². The van der Waals surface area contributed by atoms with E-state index >= 15 is 0 Å². The van der Waals surface area contributed by atoms with Crippen LogP contribution in [0.1, 0.15) is 12.0 Å². The number of hydrogen-bond donors (Lipinski definition) is 1. The molecular weight excluding hydrogens is 266 g/mol. The summed E-state index contributed by atoms with van der Waals surface area (Å²) in [5.74, 6) is 0.603. The second kappa shape index (κ2) is 4.56. The van der Waals surface area contributed by atoms with Gasteiger partial charge < -0.3 is 14.9 Å². The number of aryl methyl sites for hydroxylation is 1. The summed E-state index contributed by atoms with van der Waals surface area (Å²) in [6.45, 7) is 4.16. The number of amides is 1. The molecule has 0 aromatic carbocycles. The van der Waals surface area contributed by atoms with E-state index < -0.39 is 6.09 Å². The van der Waals surface area contributed by atoms with Gasteiger partial charge in [0.05, 0.1) is 17.9 Å². The molecule has 3 rings (SSSR count). The van der Waals surface area contributed by atoms with Crippen molar-refractivity contribution in [1.29, 1.82) is 0 Å². The molecule has 1 aromatic heterocycles. The first kappa shape index (κ1) is 12.5. The monoisotopic (exact) mass is 281 g/mol. The lowest BCUT2D eigenvalue weighted by Gasteiger charge is -2.54. The van der Waals surface area contributed by atoms with Crippen LogP contribution in [0.15, 0.2) is 12.3 Å². The topological polar surface area (TPSA) is 56.7 Å². The summed E-state index contributed by atoms with van der Waals surface area (Å²) in [7, 11) is 0. The van der Waals surface area contributed by atoms with E-state index in [9.17, 15) is 4.79 Å². The third-order valence-electron chi connectivity index (χ3n) is 4.16. The number of aromatic nitrogens is 1. The number of rotatable bonds is 1. The number of carboxylic acid groups (broad SMARTS) is 1. The molecule has 5 nitrogen and oxygen atoms in total. The van der Waals surface area contributed by atoms with Crippen LogP contribution >= 0.6 is 11.6 Å². The Morgan fingerprint density at radius 3 is 3.00 bits per heavy atom. The highest BCUT2D eigenvalue weighted by Gasteiger charge is 2.43. The fraction of sp³-hybridized carbons (Fsp3) is 0.538. The number of halogens is 1. The third-order valence-corrected chi connectivity index (χ3v) is 4.55. The van der Waals surface area contributed by atoms with Gasteiger partial charge in [-0.3, -0.25) is 0 Å². The van der Waals surface area contributed by atoms with Gasteiger partial charge in [-0.2, -0.15) is 0 Å². The maximum atomic E-state index is 11.1. The van der Waals surface area contributed by atoms with Gasteiger partial charge in [-0.15, -0.1) is 0 Å². The number of likely N-dealkylation sites (tertiary alicyclic amines) is 1. The van der Waals surface area contributed by atoms with E-state index in [-0.39, 0.29) is 6.04 Å². The number of pyridine rings is 1.